The van der Waals surface area contributed by atoms with E-state index in [0.717, 1.165) is 5.69 Å². The molecule has 1 aliphatic carbocycles. The summed E-state index contributed by atoms with van der Waals surface area (Å²) in [6, 6.07) is 8.38. The van der Waals surface area contributed by atoms with E-state index in [-0.39, 0.29) is 9.79 Å². The first-order valence-electron chi connectivity index (χ1n) is 7.47. The zero-order valence-electron chi connectivity index (χ0n) is 12.3. The van der Waals surface area contributed by atoms with Crippen molar-refractivity contribution in [3.63, 3.8) is 0 Å². The van der Waals surface area contributed by atoms with Gasteiger partial charge in [-0.3, -0.25) is 0 Å². The summed E-state index contributed by atoms with van der Waals surface area (Å²) in [6.45, 7) is 0. The van der Waals surface area contributed by atoms with E-state index in [2.05, 4.69) is 21.0 Å². The maximum atomic E-state index is 12.8. The molecular formula is C17H15N3O2S. The van der Waals surface area contributed by atoms with Gasteiger partial charge >= 0.3 is 0 Å². The van der Waals surface area contributed by atoms with Crippen molar-refractivity contribution < 1.29 is 8.42 Å². The minimum atomic E-state index is -3.60. The Kier molecular flexibility index (Phi) is 3.27. The molecule has 1 aromatic carbocycles. The predicted octanol–water partition coefficient (Wildman–Crippen LogP) is 3.21. The van der Waals surface area contributed by atoms with Crippen molar-refractivity contribution >= 4 is 26.9 Å². The third-order valence-electron chi connectivity index (χ3n) is 3.95. The number of fused-ring (bicyclic) bond motifs is 1. The lowest BCUT2D eigenvalue weighted by Crippen LogP contribution is -2.01. The van der Waals surface area contributed by atoms with Crippen molar-refractivity contribution in [1.82, 2.24) is 15.0 Å². The number of allylic oxidation sites excluding steroid dienone is 1. The van der Waals surface area contributed by atoms with Crippen LogP contribution in [0.5, 0.6) is 0 Å². The smallest absolute Gasteiger partial charge is 0.210 e. The fraction of sp³-hybridized carbons (Fsp3) is 0.176. The van der Waals surface area contributed by atoms with Crippen LogP contribution in [0.1, 0.15) is 18.5 Å². The molecule has 1 saturated carbocycles. The molecule has 1 N–H and O–H groups in total. The Morgan fingerprint density at radius 2 is 1.91 bits per heavy atom. The second-order valence-corrected chi connectivity index (χ2v) is 7.57. The summed E-state index contributed by atoms with van der Waals surface area (Å²) in [5.41, 5.74) is 1.80. The number of sulfone groups is 1. The maximum absolute atomic E-state index is 12.8. The van der Waals surface area contributed by atoms with Gasteiger partial charge in [0.2, 0.25) is 9.84 Å². The summed E-state index contributed by atoms with van der Waals surface area (Å²) in [4.78, 5) is 11.9. The largest absolute Gasteiger partial charge is 0.357 e. The van der Waals surface area contributed by atoms with E-state index >= 15 is 0 Å². The van der Waals surface area contributed by atoms with Gasteiger partial charge in [-0.25, -0.2) is 18.4 Å². The molecule has 0 amide bonds. The zero-order valence-corrected chi connectivity index (χ0v) is 13.1. The molecule has 0 bridgehead atoms. The first kappa shape index (κ1) is 14.1. The number of nitrogens with one attached hydrogen (secondary N) is 1. The lowest BCUT2D eigenvalue weighted by atomic mass is 10.2. The summed E-state index contributed by atoms with van der Waals surface area (Å²) < 4.78 is 25.6. The molecule has 0 aliphatic heterocycles. The van der Waals surface area contributed by atoms with Gasteiger partial charge in [0.1, 0.15) is 16.7 Å². The Morgan fingerprint density at radius 1 is 1.13 bits per heavy atom. The van der Waals surface area contributed by atoms with Gasteiger partial charge in [0.05, 0.1) is 16.1 Å². The van der Waals surface area contributed by atoms with Crippen LogP contribution in [-0.4, -0.2) is 23.4 Å². The van der Waals surface area contributed by atoms with Crippen LogP contribution >= 0.6 is 0 Å². The van der Waals surface area contributed by atoms with Crippen molar-refractivity contribution in [1.29, 1.82) is 0 Å². The van der Waals surface area contributed by atoms with Crippen LogP contribution in [0, 0.1) is 5.92 Å². The number of benzene rings is 1. The highest BCUT2D eigenvalue weighted by Gasteiger charge is 2.23. The summed E-state index contributed by atoms with van der Waals surface area (Å²) >= 11 is 0. The van der Waals surface area contributed by atoms with Gasteiger partial charge in [-0.05, 0) is 37.0 Å². The van der Waals surface area contributed by atoms with E-state index in [9.17, 15) is 8.42 Å². The van der Waals surface area contributed by atoms with Crippen molar-refractivity contribution in [2.45, 2.75) is 22.6 Å². The molecule has 0 unspecified atom stereocenters. The van der Waals surface area contributed by atoms with E-state index in [1.807, 2.05) is 6.08 Å². The summed E-state index contributed by atoms with van der Waals surface area (Å²) in [5.74, 6) is 0.627. The Labute approximate surface area is 134 Å². The Balaban J connectivity index is 1.84. The highest BCUT2D eigenvalue weighted by atomic mass is 32.2. The number of hydrogen-bond acceptors (Lipinski definition) is 4. The second-order valence-electron chi connectivity index (χ2n) is 5.65. The monoisotopic (exact) mass is 325 g/mol. The van der Waals surface area contributed by atoms with Crippen LogP contribution in [0.15, 0.2) is 58.7 Å². The van der Waals surface area contributed by atoms with Gasteiger partial charge in [-0.15, -0.1) is 0 Å². The third kappa shape index (κ3) is 2.55. The second kappa shape index (κ2) is 5.31. The van der Waals surface area contributed by atoms with Gasteiger partial charge in [-0.2, -0.15) is 0 Å². The van der Waals surface area contributed by atoms with Crippen LogP contribution in [0.3, 0.4) is 0 Å². The van der Waals surface area contributed by atoms with Crippen molar-refractivity contribution in [3.05, 3.63) is 54.6 Å². The van der Waals surface area contributed by atoms with Crippen LogP contribution < -0.4 is 0 Å². The van der Waals surface area contributed by atoms with Gasteiger partial charge in [0.25, 0.3) is 0 Å². The van der Waals surface area contributed by atoms with E-state index in [1.54, 1.807) is 30.3 Å². The zero-order chi connectivity index (χ0) is 15.9. The maximum Gasteiger partial charge on any atom is 0.210 e. The molecule has 6 heteroatoms. The van der Waals surface area contributed by atoms with Gasteiger partial charge in [-0.1, -0.05) is 24.3 Å². The molecule has 23 heavy (non-hydrogen) atoms. The molecule has 3 aromatic rings. The first-order chi connectivity index (χ1) is 11.2. The predicted molar refractivity (Wildman–Crippen MR) is 87.5 cm³/mol. The number of rotatable bonds is 4. The highest BCUT2D eigenvalue weighted by Crippen LogP contribution is 2.32. The molecule has 2 heterocycles. The molecule has 0 radical (unpaired) electrons. The topological polar surface area (TPSA) is 75.7 Å². The Morgan fingerprint density at radius 3 is 2.65 bits per heavy atom. The van der Waals surface area contributed by atoms with E-state index in [1.165, 1.54) is 25.4 Å². The molecule has 1 aliphatic rings. The van der Waals surface area contributed by atoms with Crippen molar-refractivity contribution in [2.24, 2.45) is 5.92 Å². The third-order valence-corrected chi connectivity index (χ3v) is 5.73. The van der Waals surface area contributed by atoms with Crippen molar-refractivity contribution in [3.8, 4) is 0 Å². The van der Waals surface area contributed by atoms with E-state index in [0.29, 0.717) is 17.0 Å². The fourth-order valence-corrected chi connectivity index (χ4v) is 3.90. The average Bonchev–Trinajstić information content (AvgIpc) is 3.29. The van der Waals surface area contributed by atoms with Crippen LogP contribution in [-0.2, 0) is 9.84 Å². The summed E-state index contributed by atoms with van der Waals surface area (Å²) in [6.07, 6.45) is 9.39. The van der Waals surface area contributed by atoms with E-state index < -0.39 is 9.84 Å². The first-order valence-corrected chi connectivity index (χ1v) is 8.95. The van der Waals surface area contributed by atoms with Gasteiger partial charge in [0.15, 0.2) is 0 Å². The Hall–Kier alpha value is -2.47. The normalized spacial score (nSPS) is 15.5. The molecule has 4 rings (SSSR count). The summed E-state index contributed by atoms with van der Waals surface area (Å²) in [5, 5.41) is 0. The highest BCUT2D eigenvalue weighted by molar-refractivity contribution is 7.91. The molecular weight excluding hydrogens is 310 g/mol. The molecule has 0 spiro atoms. The number of aromatic nitrogens is 3. The quantitative estimate of drug-likeness (QED) is 0.799. The minimum Gasteiger partial charge on any atom is -0.357 e. The van der Waals surface area contributed by atoms with E-state index in [4.69, 9.17) is 0 Å². The van der Waals surface area contributed by atoms with Crippen LogP contribution in [0.4, 0.5) is 0 Å². The number of H-pyrrole nitrogens is 1. The summed E-state index contributed by atoms with van der Waals surface area (Å²) in [7, 11) is -3.60. The molecule has 2 aromatic heterocycles. The molecule has 0 saturated heterocycles. The lowest BCUT2D eigenvalue weighted by Gasteiger charge is -2.02. The number of nitrogens with zero attached hydrogens (tertiary/aromatic N) is 2. The molecule has 0 atom stereocenters. The van der Waals surface area contributed by atoms with Crippen LogP contribution in [0.2, 0.25) is 0 Å². The minimum absolute atomic E-state index is 0.183. The SMILES string of the molecule is O=S(=O)(c1ccccc1)c1c[nH]c2c(/C=C/C3CC3)ncnc12. The molecule has 116 valence electrons. The fourth-order valence-electron chi connectivity index (χ4n) is 2.51. The number of hydrogen-bond donors (Lipinski definition) is 1. The molecule has 5 nitrogen and oxygen atoms in total. The number of aromatic amines is 1. The van der Waals surface area contributed by atoms with Crippen molar-refractivity contribution in [2.75, 3.05) is 0 Å². The van der Waals surface area contributed by atoms with Crippen LogP contribution in [0.25, 0.3) is 17.1 Å². The lowest BCUT2D eigenvalue weighted by molar-refractivity contribution is 0.597. The average molecular weight is 325 g/mol. The molecule has 1 fully saturated rings. The van der Waals surface area contributed by atoms with Gasteiger partial charge < -0.3 is 4.98 Å². The Bertz CT molecular complexity index is 987. The van der Waals surface area contributed by atoms with Gasteiger partial charge in [0, 0.05) is 6.20 Å². The standard InChI is InChI=1S/C17H15N3O2S/c21-23(22,13-4-2-1-3-5-13)15-10-18-16-14(9-8-12-6-7-12)19-11-20-17(15)16/h1-5,8-12,18H,6-7H2/b9-8+.